The standard InChI is InChI=1S/C12H11N3O2S2/c1-9-14-8-12(18-9)19(16,17)15-7-11-4-2-3-10(5-11)6-13/h2-5,8,15H,7H2,1H3. The summed E-state index contributed by atoms with van der Waals surface area (Å²) in [4.78, 5) is 3.92. The van der Waals surface area contributed by atoms with Crippen LogP contribution in [0, 0.1) is 18.3 Å². The number of nitrogens with zero attached hydrogens (tertiary/aromatic N) is 2. The summed E-state index contributed by atoms with van der Waals surface area (Å²) in [6.07, 6.45) is 1.34. The van der Waals surface area contributed by atoms with E-state index in [9.17, 15) is 8.42 Å². The first-order valence-corrected chi connectivity index (χ1v) is 7.72. The molecule has 1 heterocycles. The number of hydrogen-bond acceptors (Lipinski definition) is 5. The molecule has 2 aromatic rings. The van der Waals surface area contributed by atoms with Gasteiger partial charge in [-0.2, -0.15) is 5.26 Å². The average Bonchev–Trinajstić information content (AvgIpc) is 2.84. The maximum atomic E-state index is 12.0. The number of nitrogens with one attached hydrogen (secondary N) is 1. The van der Waals surface area contributed by atoms with Crippen LogP contribution in [0.4, 0.5) is 0 Å². The van der Waals surface area contributed by atoms with E-state index in [1.807, 2.05) is 6.07 Å². The quantitative estimate of drug-likeness (QED) is 0.931. The molecule has 0 unspecified atom stereocenters. The lowest BCUT2D eigenvalue weighted by Crippen LogP contribution is -2.22. The molecule has 0 aliphatic rings. The van der Waals surface area contributed by atoms with Gasteiger partial charge in [-0.25, -0.2) is 18.1 Å². The molecule has 0 aliphatic carbocycles. The zero-order valence-corrected chi connectivity index (χ0v) is 11.8. The predicted molar refractivity (Wildman–Crippen MR) is 72.0 cm³/mol. The van der Waals surface area contributed by atoms with Crippen LogP contribution in [0.5, 0.6) is 0 Å². The molecule has 0 saturated heterocycles. The molecular formula is C12H11N3O2S2. The van der Waals surface area contributed by atoms with Gasteiger partial charge in [-0.15, -0.1) is 11.3 Å². The van der Waals surface area contributed by atoms with E-state index in [1.54, 1.807) is 31.2 Å². The number of hydrogen-bond donors (Lipinski definition) is 1. The van der Waals surface area contributed by atoms with Gasteiger partial charge in [0.05, 0.1) is 22.8 Å². The molecular weight excluding hydrogens is 282 g/mol. The summed E-state index contributed by atoms with van der Waals surface area (Å²) in [5, 5.41) is 9.48. The summed E-state index contributed by atoms with van der Waals surface area (Å²) < 4.78 is 26.6. The minimum Gasteiger partial charge on any atom is -0.249 e. The molecule has 1 N–H and O–H groups in total. The van der Waals surface area contributed by atoms with E-state index >= 15 is 0 Å². The van der Waals surface area contributed by atoms with Crippen molar-refractivity contribution < 1.29 is 8.42 Å². The van der Waals surface area contributed by atoms with E-state index in [0.717, 1.165) is 16.9 Å². The first-order valence-electron chi connectivity index (χ1n) is 5.42. The van der Waals surface area contributed by atoms with Crippen molar-refractivity contribution in [1.29, 1.82) is 5.26 Å². The fraction of sp³-hybridized carbons (Fsp3) is 0.167. The number of sulfonamides is 1. The summed E-state index contributed by atoms with van der Waals surface area (Å²) in [7, 11) is -3.53. The monoisotopic (exact) mass is 293 g/mol. The second-order valence-electron chi connectivity index (χ2n) is 3.84. The first-order chi connectivity index (χ1) is 9.01. The Labute approximate surface area is 115 Å². The van der Waals surface area contributed by atoms with E-state index in [0.29, 0.717) is 10.6 Å². The Hall–Kier alpha value is -1.75. The normalized spacial score (nSPS) is 11.2. The third-order valence-electron chi connectivity index (χ3n) is 2.39. The van der Waals surface area contributed by atoms with Crippen molar-refractivity contribution in [1.82, 2.24) is 9.71 Å². The topological polar surface area (TPSA) is 82.8 Å². The lowest BCUT2D eigenvalue weighted by molar-refractivity contribution is 0.583. The van der Waals surface area contributed by atoms with Gasteiger partial charge in [-0.1, -0.05) is 12.1 Å². The van der Waals surface area contributed by atoms with Gasteiger partial charge in [-0.05, 0) is 24.6 Å². The smallest absolute Gasteiger partial charge is 0.249 e. The summed E-state index contributed by atoms with van der Waals surface area (Å²) >= 11 is 1.12. The molecule has 0 bridgehead atoms. The van der Waals surface area contributed by atoms with Crippen LogP contribution in [-0.2, 0) is 16.6 Å². The molecule has 0 radical (unpaired) electrons. The fourth-order valence-electron chi connectivity index (χ4n) is 1.47. The van der Waals surface area contributed by atoms with Crippen molar-refractivity contribution in [2.75, 3.05) is 0 Å². The Morgan fingerprint density at radius 2 is 2.26 bits per heavy atom. The molecule has 2 rings (SSSR count). The first kappa shape index (κ1) is 13.7. The zero-order valence-electron chi connectivity index (χ0n) is 10.1. The molecule has 19 heavy (non-hydrogen) atoms. The van der Waals surface area contributed by atoms with Gasteiger partial charge in [0, 0.05) is 6.54 Å². The molecule has 0 aliphatic heterocycles. The highest BCUT2D eigenvalue weighted by Crippen LogP contribution is 2.17. The Morgan fingerprint density at radius 1 is 1.47 bits per heavy atom. The maximum Gasteiger partial charge on any atom is 0.251 e. The van der Waals surface area contributed by atoms with E-state index < -0.39 is 10.0 Å². The van der Waals surface area contributed by atoms with Crippen molar-refractivity contribution >= 4 is 21.4 Å². The molecule has 0 atom stereocenters. The van der Waals surface area contributed by atoms with E-state index in [4.69, 9.17) is 5.26 Å². The van der Waals surface area contributed by atoms with Crippen LogP contribution in [0.1, 0.15) is 16.1 Å². The summed E-state index contributed by atoms with van der Waals surface area (Å²) in [5.41, 5.74) is 1.24. The van der Waals surface area contributed by atoms with Crippen molar-refractivity contribution in [3.05, 3.63) is 46.6 Å². The molecule has 1 aromatic heterocycles. The summed E-state index contributed by atoms with van der Waals surface area (Å²) in [5.74, 6) is 0. The number of aromatic nitrogens is 1. The van der Waals surface area contributed by atoms with Crippen molar-refractivity contribution in [3.63, 3.8) is 0 Å². The lowest BCUT2D eigenvalue weighted by atomic mass is 10.1. The van der Waals surface area contributed by atoms with Gasteiger partial charge in [-0.3, -0.25) is 0 Å². The van der Waals surface area contributed by atoms with Gasteiger partial charge < -0.3 is 0 Å². The van der Waals surface area contributed by atoms with Crippen LogP contribution in [-0.4, -0.2) is 13.4 Å². The van der Waals surface area contributed by atoms with Crippen LogP contribution in [0.2, 0.25) is 0 Å². The summed E-state index contributed by atoms with van der Waals surface area (Å²) in [6, 6.07) is 8.83. The largest absolute Gasteiger partial charge is 0.251 e. The van der Waals surface area contributed by atoms with Crippen LogP contribution in [0.15, 0.2) is 34.7 Å². The zero-order chi connectivity index (χ0) is 13.9. The van der Waals surface area contributed by atoms with E-state index in [2.05, 4.69) is 9.71 Å². The Kier molecular flexibility index (Phi) is 3.95. The number of benzene rings is 1. The van der Waals surface area contributed by atoms with Crippen molar-refractivity contribution in [2.45, 2.75) is 17.7 Å². The second-order valence-corrected chi connectivity index (χ2v) is 7.06. The van der Waals surface area contributed by atoms with E-state index in [1.165, 1.54) is 6.20 Å². The Morgan fingerprint density at radius 3 is 2.89 bits per heavy atom. The van der Waals surface area contributed by atoms with Gasteiger partial charge in [0.25, 0.3) is 10.0 Å². The van der Waals surface area contributed by atoms with Crippen molar-refractivity contribution in [3.8, 4) is 6.07 Å². The van der Waals surface area contributed by atoms with Gasteiger partial charge in [0.2, 0.25) is 0 Å². The number of nitriles is 1. The van der Waals surface area contributed by atoms with Crippen LogP contribution in [0.3, 0.4) is 0 Å². The molecule has 7 heteroatoms. The second kappa shape index (κ2) is 5.48. The van der Waals surface area contributed by atoms with Crippen LogP contribution in [0.25, 0.3) is 0 Å². The van der Waals surface area contributed by atoms with Gasteiger partial charge >= 0.3 is 0 Å². The molecule has 0 spiro atoms. The van der Waals surface area contributed by atoms with Gasteiger partial charge in [0.15, 0.2) is 4.21 Å². The number of thiazole rings is 1. The lowest BCUT2D eigenvalue weighted by Gasteiger charge is -2.04. The molecule has 98 valence electrons. The minimum atomic E-state index is -3.53. The predicted octanol–water partition coefficient (Wildman–Crippen LogP) is 1.80. The molecule has 0 fully saturated rings. The molecule has 0 saturated carbocycles. The Balaban J connectivity index is 2.12. The minimum absolute atomic E-state index is 0.148. The highest BCUT2D eigenvalue weighted by Gasteiger charge is 2.16. The number of rotatable bonds is 4. The van der Waals surface area contributed by atoms with Gasteiger partial charge in [0.1, 0.15) is 0 Å². The highest BCUT2D eigenvalue weighted by atomic mass is 32.2. The Bertz CT molecular complexity index is 729. The average molecular weight is 293 g/mol. The SMILES string of the molecule is Cc1ncc(S(=O)(=O)NCc2cccc(C#N)c2)s1. The van der Waals surface area contributed by atoms with E-state index in [-0.39, 0.29) is 10.8 Å². The summed E-state index contributed by atoms with van der Waals surface area (Å²) in [6.45, 7) is 1.90. The third-order valence-corrected chi connectivity index (χ3v) is 5.16. The molecule has 5 nitrogen and oxygen atoms in total. The van der Waals surface area contributed by atoms with Crippen molar-refractivity contribution in [2.24, 2.45) is 0 Å². The number of aryl methyl sites for hydroxylation is 1. The molecule has 1 aromatic carbocycles. The maximum absolute atomic E-state index is 12.0. The highest BCUT2D eigenvalue weighted by molar-refractivity contribution is 7.91. The van der Waals surface area contributed by atoms with Crippen LogP contribution < -0.4 is 4.72 Å². The van der Waals surface area contributed by atoms with Crippen LogP contribution >= 0.6 is 11.3 Å². The fourth-order valence-corrected chi connectivity index (χ4v) is 3.64. The third kappa shape index (κ3) is 3.38. The molecule has 0 amide bonds.